The predicted molar refractivity (Wildman–Crippen MR) is 131 cm³/mol. The Morgan fingerprint density at radius 2 is 1.86 bits per heavy atom. The summed E-state index contributed by atoms with van der Waals surface area (Å²) in [6, 6.07) is 3.52. The Bertz CT molecular complexity index is 1260. The molecular formula is C27H32N2O8. The van der Waals surface area contributed by atoms with Crippen molar-refractivity contribution in [2.45, 2.75) is 49.9 Å². The number of aliphatic hydroxyl groups is 3. The van der Waals surface area contributed by atoms with Gasteiger partial charge in [0.15, 0.2) is 11.4 Å². The highest BCUT2D eigenvalue weighted by Crippen LogP contribution is 2.57. The van der Waals surface area contributed by atoms with E-state index in [1.165, 1.54) is 11.0 Å². The molecule has 10 nitrogen and oxygen atoms in total. The van der Waals surface area contributed by atoms with Crippen molar-refractivity contribution in [1.82, 2.24) is 4.90 Å². The van der Waals surface area contributed by atoms with Gasteiger partial charge in [0.1, 0.15) is 22.8 Å². The molecule has 0 heterocycles. The Morgan fingerprint density at radius 3 is 2.43 bits per heavy atom. The third-order valence-corrected chi connectivity index (χ3v) is 8.72. The topological polar surface area (TPSA) is 171 Å². The predicted octanol–water partition coefficient (Wildman–Crippen LogP) is 1.32. The molecule has 4 aliphatic rings. The summed E-state index contributed by atoms with van der Waals surface area (Å²) >= 11 is 0. The van der Waals surface area contributed by atoms with Crippen LogP contribution in [0.1, 0.15) is 43.2 Å². The fourth-order valence-electron chi connectivity index (χ4n) is 6.66. The van der Waals surface area contributed by atoms with Gasteiger partial charge in [-0.15, -0.1) is 0 Å². The van der Waals surface area contributed by atoms with Gasteiger partial charge in [-0.2, -0.15) is 0 Å². The number of phenols is 1. The molecule has 10 heteroatoms. The number of aliphatic hydroxyl groups excluding tert-OH is 2. The van der Waals surface area contributed by atoms with Crippen LogP contribution in [0.3, 0.4) is 0 Å². The molecule has 2 saturated carbocycles. The minimum absolute atomic E-state index is 0.0593. The van der Waals surface area contributed by atoms with Crippen molar-refractivity contribution in [3.63, 3.8) is 0 Å². The molecule has 1 amide bonds. The normalized spacial score (nSPS) is 33.7. The van der Waals surface area contributed by atoms with E-state index in [-0.39, 0.29) is 22.8 Å². The highest BCUT2D eigenvalue weighted by Gasteiger charge is 2.68. The van der Waals surface area contributed by atoms with Crippen LogP contribution in [0.15, 0.2) is 35.1 Å². The number of benzene rings is 1. The number of amides is 1. The lowest BCUT2D eigenvalue weighted by Gasteiger charge is -2.55. The Labute approximate surface area is 214 Å². The van der Waals surface area contributed by atoms with Crippen LogP contribution in [0.5, 0.6) is 5.75 Å². The molecule has 6 N–H and O–H groups in total. The smallest absolute Gasteiger partial charge is 0.255 e. The number of fused-ring (bicyclic) bond motifs is 3. The zero-order chi connectivity index (χ0) is 27.0. The number of hydrogen-bond donors (Lipinski definition) is 5. The van der Waals surface area contributed by atoms with E-state index in [4.69, 9.17) is 10.5 Å². The zero-order valence-electron chi connectivity index (χ0n) is 21.0. The quantitative estimate of drug-likeness (QED) is 0.365. The average Bonchev–Trinajstić information content (AvgIpc) is 2.79. The molecule has 0 aliphatic heterocycles. The fraction of sp³-hybridized carbons (Fsp3) is 0.519. The number of phenolic OH excluding ortho intramolecular Hbond substituents is 1. The first-order chi connectivity index (χ1) is 17.4. The number of nitrogens with two attached hydrogens (primary N) is 1. The van der Waals surface area contributed by atoms with E-state index in [1.807, 2.05) is 6.92 Å². The van der Waals surface area contributed by atoms with Crippen LogP contribution in [0.4, 0.5) is 0 Å². The second-order valence-electron chi connectivity index (χ2n) is 10.9. The summed E-state index contributed by atoms with van der Waals surface area (Å²) in [7, 11) is 3.13. The summed E-state index contributed by atoms with van der Waals surface area (Å²) in [5.41, 5.74) is 2.22. The van der Waals surface area contributed by atoms with Crippen LogP contribution in [-0.4, -0.2) is 81.2 Å². The number of ether oxygens (including phenoxy) is 1. The van der Waals surface area contributed by atoms with Gasteiger partial charge < -0.3 is 30.9 Å². The van der Waals surface area contributed by atoms with E-state index in [1.54, 1.807) is 26.2 Å². The average molecular weight is 513 g/mol. The Kier molecular flexibility index (Phi) is 5.97. The van der Waals surface area contributed by atoms with Crippen LogP contribution < -0.4 is 5.73 Å². The number of Topliss-reactive ketones (excluding diaryl/α,β-unsaturated/α-hetero) is 2. The van der Waals surface area contributed by atoms with Gasteiger partial charge in [0.2, 0.25) is 5.78 Å². The zero-order valence-corrected chi connectivity index (χ0v) is 21.0. The molecular weight excluding hydrogens is 480 g/mol. The number of carbonyl (C=O) groups excluding carboxylic acids is 3. The molecule has 2 fully saturated rings. The van der Waals surface area contributed by atoms with E-state index < -0.39 is 70.1 Å². The first-order valence-corrected chi connectivity index (χ1v) is 12.5. The van der Waals surface area contributed by atoms with Crippen LogP contribution >= 0.6 is 0 Å². The number of hydrogen-bond acceptors (Lipinski definition) is 9. The van der Waals surface area contributed by atoms with Crippen molar-refractivity contribution >= 4 is 23.2 Å². The number of aromatic hydroxyl groups is 1. The SMILES string of the molecule is C[C@H]1c2cccc(O)c2C(O)=C2C(=O)[C@]3(O)C(O)=C(C(N)=O)C(=O)[C@H](N(C)C)[C@@H]3[C@@H](OCC3CCC3)[C@@H]21. The number of likely N-dealkylation sites (N-methyl/N-ethyl adjacent to an activating group) is 1. The monoisotopic (exact) mass is 512 g/mol. The highest BCUT2D eigenvalue weighted by atomic mass is 16.5. The lowest BCUT2D eigenvalue weighted by Crippen LogP contribution is -2.71. The Balaban J connectivity index is 1.79. The Morgan fingerprint density at radius 1 is 1.19 bits per heavy atom. The van der Waals surface area contributed by atoms with Crippen molar-refractivity contribution in [2.24, 2.45) is 23.5 Å². The molecule has 0 saturated heterocycles. The number of nitrogens with zero attached hydrogens (tertiary/aromatic N) is 1. The molecule has 4 aliphatic carbocycles. The molecule has 198 valence electrons. The van der Waals surface area contributed by atoms with Gasteiger partial charge in [0, 0.05) is 18.1 Å². The molecule has 0 aromatic heterocycles. The van der Waals surface area contributed by atoms with Crippen molar-refractivity contribution in [3.8, 4) is 5.75 Å². The van der Waals surface area contributed by atoms with Crippen LogP contribution in [-0.2, 0) is 19.1 Å². The molecule has 37 heavy (non-hydrogen) atoms. The van der Waals surface area contributed by atoms with Gasteiger partial charge in [-0.1, -0.05) is 25.5 Å². The van der Waals surface area contributed by atoms with E-state index in [2.05, 4.69) is 0 Å². The summed E-state index contributed by atoms with van der Waals surface area (Å²) < 4.78 is 6.43. The molecule has 6 atom stereocenters. The summed E-state index contributed by atoms with van der Waals surface area (Å²) in [5.74, 6) is -7.35. The van der Waals surface area contributed by atoms with Crippen molar-refractivity contribution in [1.29, 1.82) is 0 Å². The van der Waals surface area contributed by atoms with Gasteiger partial charge in [-0.05, 0) is 50.4 Å². The summed E-state index contributed by atoms with van der Waals surface area (Å²) in [6.07, 6.45) is 1.98. The van der Waals surface area contributed by atoms with Crippen LogP contribution in [0, 0.1) is 17.8 Å². The van der Waals surface area contributed by atoms with E-state index in [9.17, 15) is 34.8 Å². The number of carbonyl (C=O) groups is 3. The maximum atomic E-state index is 14.1. The second kappa shape index (κ2) is 8.68. The lowest BCUT2D eigenvalue weighted by atomic mass is 9.54. The lowest BCUT2D eigenvalue weighted by molar-refractivity contribution is -0.179. The third kappa shape index (κ3) is 3.39. The molecule has 1 aromatic carbocycles. The van der Waals surface area contributed by atoms with Gasteiger partial charge in [0.05, 0.1) is 23.6 Å². The maximum absolute atomic E-state index is 14.1. The van der Waals surface area contributed by atoms with Crippen molar-refractivity contribution in [3.05, 3.63) is 46.2 Å². The van der Waals surface area contributed by atoms with E-state index in [0.29, 0.717) is 12.2 Å². The minimum atomic E-state index is -2.76. The fourth-order valence-corrected chi connectivity index (χ4v) is 6.66. The first kappa shape index (κ1) is 25.4. The second-order valence-corrected chi connectivity index (χ2v) is 10.9. The van der Waals surface area contributed by atoms with Crippen LogP contribution in [0.2, 0.25) is 0 Å². The molecule has 0 spiro atoms. The van der Waals surface area contributed by atoms with E-state index >= 15 is 0 Å². The molecule has 5 rings (SSSR count). The van der Waals surface area contributed by atoms with Crippen LogP contribution in [0.25, 0.3) is 5.76 Å². The van der Waals surface area contributed by atoms with Gasteiger partial charge in [-0.25, -0.2) is 0 Å². The van der Waals surface area contributed by atoms with E-state index in [0.717, 1.165) is 19.3 Å². The van der Waals surface area contributed by atoms with Gasteiger partial charge in [-0.3, -0.25) is 19.3 Å². The molecule has 0 bridgehead atoms. The number of rotatable bonds is 5. The summed E-state index contributed by atoms with van der Waals surface area (Å²) in [4.78, 5) is 41.3. The molecule has 0 radical (unpaired) electrons. The summed E-state index contributed by atoms with van der Waals surface area (Å²) in [5, 5.41) is 45.0. The van der Waals surface area contributed by atoms with Gasteiger partial charge in [0.25, 0.3) is 5.91 Å². The third-order valence-electron chi connectivity index (χ3n) is 8.72. The highest BCUT2D eigenvalue weighted by molar-refractivity contribution is 6.24. The maximum Gasteiger partial charge on any atom is 0.255 e. The minimum Gasteiger partial charge on any atom is -0.508 e. The summed E-state index contributed by atoms with van der Waals surface area (Å²) in [6.45, 7) is 2.13. The van der Waals surface area contributed by atoms with Crippen molar-refractivity contribution in [2.75, 3.05) is 20.7 Å². The van der Waals surface area contributed by atoms with Gasteiger partial charge >= 0.3 is 0 Å². The largest absolute Gasteiger partial charge is 0.508 e. The first-order valence-electron chi connectivity index (χ1n) is 12.5. The van der Waals surface area contributed by atoms with Crippen molar-refractivity contribution < 1.29 is 39.5 Å². The molecule has 0 unspecified atom stereocenters. The number of ketones is 2. The number of primary amides is 1. The standard InChI is InChI=1S/C27H32N2O8/c1-11-13-8-5-9-14(30)16(13)21(31)17-15(11)23(37-10-12-6-4-7-12)19-20(29(2)3)22(32)18(26(28)35)25(34)27(19,36)24(17)33/h5,8-9,11-12,15,19-20,23,30-31,34,36H,4,6-7,10H2,1-3H3,(H2,28,35)/t11-,15+,19+,20+,23-,27-/m0/s1. The molecule has 1 aromatic rings. The Hall–Kier alpha value is -3.21.